The Hall–Kier alpha value is -0.320. The predicted molar refractivity (Wildman–Crippen MR) is 52.2 cm³/mol. The molecule has 0 aromatic carbocycles. The standard InChI is InChI=1S/C7H17N3O.ClH/c1-3-6(9)7(11)10-5(2)4-8;/h5-6H,3-4,8-9H2,1-2H3,(H,10,11);1H/t5-,6+;/m0./s1. The Bertz CT molecular complexity index is 132. The quantitative estimate of drug-likeness (QED) is 0.572. The Kier molecular flexibility index (Phi) is 8.69. The highest BCUT2D eigenvalue weighted by molar-refractivity contribution is 5.85. The van der Waals surface area contributed by atoms with E-state index in [4.69, 9.17) is 11.5 Å². The third kappa shape index (κ3) is 5.35. The average molecular weight is 196 g/mol. The van der Waals surface area contributed by atoms with E-state index >= 15 is 0 Å². The van der Waals surface area contributed by atoms with E-state index in [-0.39, 0.29) is 24.4 Å². The van der Waals surface area contributed by atoms with Gasteiger partial charge in [0.1, 0.15) is 0 Å². The molecule has 0 radical (unpaired) electrons. The van der Waals surface area contributed by atoms with Gasteiger partial charge in [0.2, 0.25) is 5.91 Å². The summed E-state index contributed by atoms with van der Waals surface area (Å²) in [5, 5.41) is 2.69. The van der Waals surface area contributed by atoms with Gasteiger partial charge in [-0.05, 0) is 13.3 Å². The SMILES string of the molecule is CC[C@@H](N)C(=O)N[C@@H](C)CN.Cl. The van der Waals surface area contributed by atoms with Crippen molar-refractivity contribution in [1.29, 1.82) is 0 Å². The largest absolute Gasteiger partial charge is 0.351 e. The van der Waals surface area contributed by atoms with Gasteiger partial charge in [-0.2, -0.15) is 0 Å². The molecule has 0 aliphatic heterocycles. The van der Waals surface area contributed by atoms with Crippen molar-refractivity contribution in [2.45, 2.75) is 32.4 Å². The van der Waals surface area contributed by atoms with E-state index in [1.807, 2.05) is 13.8 Å². The second-order valence-corrected chi connectivity index (χ2v) is 2.66. The second-order valence-electron chi connectivity index (χ2n) is 2.66. The lowest BCUT2D eigenvalue weighted by Crippen LogP contribution is -2.46. The van der Waals surface area contributed by atoms with E-state index in [1.165, 1.54) is 0 Å². The summed E-state index contributed by atoms with van der Waals surface area (Å²) in [6, 6.07) is -0.385. The highest BCUT2D eigenvalue weighted by atomic mass is 35.5. The summed E-state index contributed by atoms with van der Waals surface area (Å²) in [6.07, 6.45) is 0.656. The topological polar surface area (TPSA) is 81.1 Å². The maximum absolute atomic E-state index is 11.1. The molecule has 0 rings (SSSR count). The number of hydrogen-bond donors (Lipinski definition) is 3. The van der Waals surface area contributed by atoms with Gasteiger partial charge in [-0.3, -0.25) is 4.79 Å². The molecule has 0 aromatic rings. The maximum Gasteiger partial charge on any atom is 0.237 e. The zero-order chi connectivity index (χ0) is 8.85. The number of nitrogens with one attached hydrogen (secondary N) is 1. The summed E-state index contributed by atoms with van der Waals surface area (Å²) in [5.41, 5.74) is 10.8. The molecule has 4 nitrogen and oxygen atoms in total. The molecule has 0 heterocycles. The molecule has 2 atom stereocenters. The van der Waals surface area contributed by atoms with E-state index in [2.05, 4.69) is 5.32 Å². The zero-order valence-electron chi connectivity index (χ0n) is 7.54. The van der Waals surface area contributed by atoms with Gasteiger partial charge in [0.05, 0.1) is 6.04 Å². The van der Waals surface area contributed by atoms with Crippen molar-refractivity contribution >= 4 is 18.3 Å². The van der Waals surface area contributed by atoms with Gasteiger partial charge in [0, 0.05) is 12.6 Å². The molecule has 1 amide bonds. The van der Waals surface area contributed by atoms with Crippen molar-refractivity contribution in [3.05, 3.63) is 0 Å². The predicted octanol–water partition coefficient (Wildman–Crippen LogP) is -0.391. The molecule has 0 spiro atoms. The van der Waals surface area contributed by atoms with Gasteiger partial charge in [-0.15, -0.1) is 12.4 Å². The molecule has 12 heavy (non-hydrogen) atoms. The molecule has 5 heteroatoms. The van der Waals surface area contributed by atoms with Crippen LogP contribution in [0.2, 0.25) is 0 Å². The minimum atomic E-state index is -0.399. The van der Waals surface area contributed by atoms with Crippen LogP contribution in [0.4, 0.5) is 0 Å². The lowest BCUT2D eigenvalue weighted by atomic mass is 10.2. The van der Waals surface area contributed by atoms with E-state index in [1.54, 1.807) is 0 Å². The first-order valence-electron chi connectivity index (χ1n) is 3.87. The van der Waals surface area contributed by atoms with Gasteiger partial charge >= 0.3 is 0 Å². The Morgan fingerprint density at radius 3 is 2.42 bits per heavy atom. The number of hydrogen-bond acceptors (Lipinski definition) is 3. The average Bonchev–Trinajstić information content (AvgIpc) is 2.02. The third-order valence-corrected chi connectivity index (χ3v) is 1.52. The highest BCUT2D eigenvalue weighted by Gasteiger charge is 2.11. The maximum atomic E-state index is 11.1. The van der Waals surface area contributed by atoms with Crippen LogP contribution < -0.4 is 16.8 Å². The molecular formula is C7H18ClN3O. The van der Waals surface area contributed by atoms with Gasteiger partial charge in [0.25, 0.3) is 0 Å². The van der Waals surface area contributed by atoms with Gasteiger partial charge in [-0.25, -0.2) is 0 Å². The molecule has 0 bridgehead atoms. The summed E-state index contributed by atoms with van der Waals surface area (Å²) >= 11 is 0. The van der Waals surface area contributed by atoms with Crippen molar-refractivity contribution in [2.75, 3.05) is 6.54 Å². The van der Waals surface area contributed by atoms with Gasteiger partial charge in [-0.1, -0.05) is 6.92 Å². The molecule has 0 aromatic heterocycles. The first kappa shape index (κ1) is 14.2. The number of carbonyl (C=O) groups is 1. The van der Waals surface area contributed by atoms with Crippen molar-refractivity contribution in [1.82, 2.24) is 5.32 Å². The van der Waals surface area contributed by atoms with Crippen LogP contribution in [0, 0.1) is 0 Å². The molecular weight excluding hydrogens is 178 g/mol. The van der Waals surface area contributed by atoms with Crippen LogP contribution in [0.1, 0.15) is 20.3 Å². The van der Waals surface area contributed by atoms with Crippen LogP contribution in [-0.2, 0) is 4.79 Å². The first-order chi connectivity index (χ1) is 5.11. The van der Waals surface area contributed by atoms with Crippen LogP contribution in [-0.4, -0.2) is 24.5 Å². The van der Waals surface area contributed by atoms with E-state index in [0.29, 0.717) is 13.0 Å². The molecule has 0 saturated carbocycles. The summed E-state index contributed by atoms with van der Waals surface area (Å²) in [6.45, 7) is 4.17. The second kappa shape index (κ2) is 7.34. The van der Waals surface area contributed by atoms with E-state index in [9.17, 15) is 4.79 Å². The van der Waals surface area contributed by atoms with Crippen molar-refractivity contribution < 1.29 is 4.79 Å². The smallest absolute Gasteiger partial charge is 0.237 e. The van der Waals surface area contributed by atoms with Crippen LogP contribution in [0.3, 0.4) is 0 Å². The van der Waals surface area contributed by atoms with Crippen LogP contribution in [0.5, 0.6) is 0 Å². The molecule has 0 aliphatic carbocycles. The number of halogens is 1. The molecule has 0 unspecified atom stereocenters. The Morgan fingerprint density at radius 1 is 1.58 bits per heavy atom. The monoisotopic (exact) mass is 195 g/mol. The highest BCUT2D eigenvalue weighted by Crippen LogP contribution is 1.86. The molecule has 0 saturated heterocycles. The molecule has 5 N–H and O–H groups in total. The molecule has 74 valence electrons. The summed E-state index contributed by atoms with van der Waals surface area (Å²) in [7, 11) is 0. The Balaban J connectivity index is 0. The lowest BCUT2D eigenvalue weighted by Gasteiger charge is -2.14. The number of nitrogens with two attached hydrogens (primary N) is 2. The van der Waals surface area contributed by atoms with Crippen molar-refractivity contribution in [3.8, 4) is 0 Å². The zero-order valence-corrected chi connectivity index (χ0v) is 8.36. The van der Waals surface area contributed by atoms with E-state index < -0.39 is 6.04 Å². The van der Waals surface area contributed by atoms with Crippen LogP contribution in [0.25, 0.3) is 0 Å². The number of rotatable bonds is 4. The molecule has 0 fully saturated rings. The fraction of sp³-hybridized carbons (Fsp3) is 0.857. The normalized spacial score (nSPS) is 14.3. The summed E-state index contributed by atoms with van der Waals surface area (Å²) < 4.78 is 0. The summed E-state index contributed by atoms with van der Waals surface area (Å²) in [4.78, 5) is 11.1. The van der Waals surface area contributed by atoms with Crippen LogP contribution in [0.15, 0.2) is 0 Å². The number of amides is 1. The minimum absolute atomic E-state index is 0. The fourth-order valence-corrected chi connectivity index (χ4v) is 0.594. The third-order valence-electron chi connectivity index (χ3n) is 1.52. The lowest BCUT2D eigenvalue weighted by molar-refractivity contribution is -0.122. The van der Waals surface area contributed by atoms with Gasteiger partial charge in [0.15, 0.2) is 0 Å². The van der Waals surface area contributed by atoms with E-state index in [0.717, 1.165) is 0 Å². The summed E-state index contributed by atoms with van der Waals surface area (Å²) in [5.74, 6) is -0.120. The van der Waals surface area contributed by atoms with Crippen molar-refractivity contribution in [2.24, 2.45) is 11.5 Å². The van der Waals surface area contributed by atoms with Crippen LogP contribution >= 0.6 is 12.4 Å². The first-order valence-corrected chi connectivity index (χ1v) is 3.87. The fourth-order valence-electron chi connectivity index (χ4n) is 0.594. The Morgan fingerprint density at radius 2 is 2.08 bits per heavy atom. The molecule has 0 aliphatic rings. The minimum Gasteiger partial charge on any atom is -0.351 e. The Labute approximate surface area is 79.5 Å². The number of carbonyl (C=O) groups excluding carboxylic acids is 1. The van der Waals surface area contributed by atoms with Crippen molar-refractivity contribution in [3.63, 3.8) is 0 Å². The van der Waals surface area contributed by atoms with Gasteiger partial charge < -0.3 is 16.8 Å².